The molecule has 8 heteroatoms. The quantitative estimate of drug-likeness (QED) is 0.437. The number of aryl methyl sites for hydroxylation is 3. The minimum Gasteiger partial charge on any atom is -0.322 e. The van der Waals surface area contributed by atoms with E-state index in [0.717, 1.165) is 34.2 Å². The van der Waals surface area contributed by atoms with Gasteiger partial charge in [-0.3, -0.25) is 4.79 Å². The first kappa shape index (κ1) is 21.8. The first-order chi connectivity index (χ1) is 15.3. The summed E-state index contributed by atoms with van der Waals surface area (Å²) in [5.41, 5.74) is 6.76. The molecule has 0 fully saturated rings. The van der Waals surface area contributed by atoms with Crippen molar-refractivity contribution >= 4 is 23.4 Å². The Kier molecular flexibility index (Phi) is 6.14. The molecule has 2 aromatic heterocycles. The fourth-order valence-corrected chi connectivity index (χ4v) is 4.17. The molecule has 0 bridgehead atoms. The number of benzene rings is 2. The summed E-state index contributed by atoms with van der Waals surface area (Å²) in [6.45, 7) is 7.96. The lowest BCUT2D eigenvalue weighted by Crippen LogP contribution is -2.15. The molecule has 7 nitrogen and oxygen atoms in total. The number of thioether (sulfide) groups is 1. The van der Waals surface area contributed by atoms with E-state index in [1.165, 1.54) is 22.9 Å². The lowest BCUT2D eigenvalue weighted by atomic mass is 10.1. The normalized spacial score (nSPS) is 11.0. The van der Waals surface area contributed by atoms with Crippen molar-refractivity contribution < 1.29 is 4.79 Å². The van der Waals surface area contributed by atoms with Gasteiger partial charge in [0, 0.05) is 12.6 Å². The maximum absolute atomic E-state index is 12.7. The van der Waals surface area contributed by atoms with Crippen LogP contribution in [0.5, 0.6) is 0 Å². The molecule has 0 aliphatic rings. The molecule has 4 rings (SSSR count). The lowest BCUT2D eigenvalue weighted by Gasteiger charge is -2.08. The van der Waals surface area contributed by atoms with E-state index in [1.54, 1.807) is 0 Å². The van der Waals surface area contributed by atoms with Gasteiger partial charge in [-0.05, 0) is 39.8 Å². The van der Waals surface area contributed by atoms with Crippen molar-refractivity contribution in [2.45, 2.75) is 32.9 Å². The van der Waals surface area contributed by atoms with Crippen LogP contribution < -0.4 is 5.32 Å². The van der Waals surface area contributed by atoms with Crippen LogP contribution in [0.4, 0.5) is 5.69 Å². The van der Waals surface area contributed by atoms with Crippen LogP contribution in [0.2, 0.25) is 0 Å². The summed E-state index contributed by atoms with van der Waals surface area (Å²) in [6, 6.07) is 16.3. The van der Waals surface area contributed by atoms with E-state index in [9.17, 15) is 4.79 Å². The van der Waals surface area contributed by atoms with Gasteiger partial charge in [-0.1, -0.05) is 59.3 Å². The van der Waals surface area contributed by atoms with Crippen molar-refractivity contribution in [2.75, 3.05) is 11.1 Å². The average molecular weight is 447 g/mol. The Labute approximate surface area is 191 Å². The summed E-state index contributed by atoms with van der Waals surface area (Å²) in [7, 11) is 1.91. The number of anilines is 1. The molecule has 1 N–H and O–H groups in total. The van der Waals surface area contributed by atoms with Gasteiger partial charge in [0.15, 0.2) is 11.0 Å². The summed E-state index contributed by atoms with van der Waals surface area (Å²) < 4.78 is 3.77. The number of nitrogens with zero attached hydrogens (tertiary/aromatic N) is 5. The predicted octanol–water partition coefficient (Wildman–Crippen LogP) is 4.63. The molecule has 2 aromatic carbocycles. The van der Waals surface area contributed by atoms with Crippen molar-refractivity contribution in [3.8, 4) is 17.1 Å². The van der Waals surface area contributed by atoms with E-state index < -0.39 is 0 Å². The number of hydrogen-bond donors (Lipinski definition) is 1. The Balaban J connectivity index is 1.44. The number of rotatable bonds is 6. The van der Waals surface area contributed by atoms with E-state index >= 15 is 0 Å². The second-order valence-electron chi connectivity index (χ2n) is 7.86. The van der Waals surface area contributed by atoms with Gasteiger partial charge in [0.1, 0.15) is 0 Å². The number of carbonyl (C=O) groups is 1. The van der Waals surface area contributed by atoms with Gasteiger partial charge in [-0.2, -0.15) is 5.10 Å². The Morgan fingerprint density at radius 3 is 2.22 bits per heavy atom. The van der Waals surface area contributed by atoms with Crippen molar-refractivity contribution in [1.82, 2.24) is 24.5 Å². The molecular weight excluding hydrogens is 420 g/mol. The first-order valence-electron chi connectivity index (χ1n) is 10.4. The van der Waals surface area contributed by atoms with Crippen molar-refractivity contribution in [2.24, 2.45) is 7.05 Å². The zero-order valence-corrected chi connectivity index (χ0v) is 19.7. The number of amides is 1. The zero-order chi connectivity index (χ0) is 22.8. The fourth-order valence-electron chi connectivity index (χ4n) is 3.46. The zero-order valence-electron chi connectivity index (χ0n) is 18.9. The molecule has 4 aromatic rings. The number of carbonyl (C=O) groups excluding carboxylic acids is 1. The monoisotopic (exact) mass is 446 g/mol. The van der Waals surface area contributed by atoms with Crippen molar-refractivity contribution in [3.63, 3.8) is 0 Å². The molecule has 0 radical (unpaired) electrons. The van der Waals surface area contributed by atoms with Crippen LogP contribution in [0.1, 0.15) is 22.5 Å². The molecule has 32 heavy (non-hydrogen) atoms. The van der Waals surface area contributed by atoms with Crippen molar-refractivity contribution in [1.29, 1.82) is 0 Å². The van der Waals surface area contributed by atoms with Gasteiger partial charge >= 0.3 is 0 Å². The fraction of sp³-hybridized carbons (Fsp3) is 0.250. The number of hydrogen-bond acceptors (Lipinski definition) is 5. The Hall–Kier alpha value is -3.39. The van der Waals surface area contributed by atoms with Crippen LogP contribution >= 0.6 is 11.8 Å². The minimum absolute atomic E-state index is 0.107. The number of nitrogens with one attached hydrogen (secondary N) is 1. The molecule has 164 valence electrons. The highest BCUT2D eigenvalue weighted by Crippen LogP contribution is 2.25. The molecule has 2 heterocycles. The second-order valence-corrected chi connectivity index (χ2v) is 8.80. The van der Waals surface area contributed by atoms with Gasteiger partial charge in [0.2, 0.25) is 5.91 Å². The van der Waals surface area contributed by atoms with Gasteiger partial charge < -0.3 is 9.88 Å². The van der Waals surface area contributed by atoms with Crippen LogP contribution in [-0.2, 0) is 11.8 Å². The predicted molar refractivity (Wildman–Crippen MR) is 128 cm³/mol. The second kappa shape index (κ2) is 9.00. The van der Waals surface area contributed by atoms with Crippen LogP contribution in [0, 0.1) is 27.7 Å². The smallest absolute Gasteiger partial charge is 0.234 e. The molecule has 0 saturated heterocycles. The van der Waals surface area contributed by atoms with Crippen LogP contribution in [0.3, 0.4) is 0 Å². The molecule has 0 spiro atoms. The van der Waals surface area contributed by atoms with E-state index in [0.29, 0.717) is 5.16 Å². The third-order valence-corrected chi connectivity index (χ3v) is 6.33. The largest absolute Gasteiger partial charge is 0.322 e. The maximum atomic E-state index is 12.7. The highest BCUT2D eigenvalue weighted by atomic mass is 32.2. The molecule has 0 atom stereocenters. The first-order valence-corrected chi connectivity index (χ1v) is 11.3. The van der Waals surface area contributed by atoms with E-state index in [4.69, 9.17) is 0 Å². The lowest BCUT2D eigenvalue weighted by molar-refractivity contribution is -0.113. The Bertz CT molecular complexity index is 1260. The van der Waals surface area contributed by atoms with Gasteiger partial charge in [0.25, 0.3) is 0 Å². The number of aromatic nitrogens is 5. The van der Waals surface area contributed by atoms with Gasteiger partial charge in [-0.25, -0.2) is 4.68 Å². The third-order valence-electron chi connectivity index (χ3n) is 5.31. The molecule has 0 unspecified atom stereocenters. The van der Waals surface area contributed by atoms with Crippen molar-refractivity contribution in [3.05, 3.63) is 71.0 Å². The van der Waals surface area contributed by atoms with Crippen LogP contribution in [0.15, 0.2) is 53.7 Å². The van der Waals surface area contributed by atoms with Gasteiger partial charge in [-0.15, -0.1) is 10.2 Å². The molecule has 1 amide bonds. The summed E-state index contributed by atoms with van der Waals surface area (Å²) in [5.74, 6) is 0.901. The summed E-state index contributed by atoms with van der Waals surface area (Å²) in [5, 5.41) is 16.9. The SMILES string of the molecule is Cc1ccc(-c2nnc(SCC(=O)Nc3c(C)nn(-c4ccc(C)cc4)c3C)n2C)cc1. The van der Waals surface area contributed by atoms with Crippen LogP contribution in [0.25, 0.3) is 17.1 Å². The molecule has 0 saturated carbocycles. The molecule has 0 aliphatic carbocycles. The Morgan fingerprint density at radius 2 is 1.56 bits per heavy atom. The van der Waals surface area contributed by atoms with E-state index in [2.05, 4.69) is 27.5 Å². The molecular formula is C24H26N6OS. The highest BCUT2D eigenvalue weighted by molar-refractivity contribution is 7.99. The Morgan fingerprint density at radius 1 is 0.938 bits per heavy atom. The summed E-state index contributed by atoms with van der Waals surface area (Å²) in [4.78, 5) is 12.7. The van der Waals surface area contributed by atoms with E-state index in [1.807, 2.05) is 85.6 Å². The molecule has 0 aliphatic heterocycles. The summed E-state index contributed by atoms with van der Waals surface area (Å²) in [6.07, 6.45) is 0. The summed E-state index contributed by atoms with van der Waals surface area (Å²) >= 11 is 1.36. The van der Waals surface area contributed by atoms with Crippen LogP contribution in [-0.4, -0.2) is 36.2 Å². The van der Waals surface area contributed by atoms with Gasteiger partial charge in [0.05, 0.1) is 28.5 Å². The van der Waals surface area contributed by atoms with E-state index in [-0.39, 0.29) is 11.7 Å². The topological polar surface area (TPSA) is 77.6 Å². The average Bonchev–Trinajstić information content (AvgIpc) is 3.28. The third kappa shape index (κ3) is 4.45. The maximum Gasteiger partial charge on any atom is 0.234 e. The standard InChI is InChI=1S/C24H26N6OS/c1-15-6-10-19(11-7-15)23-26-27-24(29(23)5)32-14-21(31)25-22-17(3)28-30(18(22)4)20-12-8-16(2)9-13-20/h6-13H,14H2,1-5H3,(H,25,31). The highest BCUT2D eigenvalue weighted by Gasteiger charge is 2.17. The minimum atomic E-state index is -0.107.